The lowest BCUT2D eigenvalue weighted by Crippen LogP contribution is -2.46. The van der Waals surface area contributed by atoms with Gasteiger partial charge < -0.3 is 19.9 Å². The number of carbonyl (C=O) groups is 1. The SMILES string of the molecule is COc1ccc(N2CCN(c3cnc(C(=O)NCC(C)C)cn3)CC2)cc1. The molecule has 2 aromatic rings. The van der Waals surface area contributed by atoms with Crippen LogP contribution < -0.4 is 19.9 Å². The summed E-state index contributed by atoms with van der Waals surface area (Å²) in [6.45, 7) is 8.28. The van der Waals surface area contributed by atoms with Crippen molar-refractivity contribution in [3.05, 3.63) is 42.4 Å². The van der Waals surface area contributed by atoms with E-state index < -0.39 is 0 Å². The van der Waals surface area contributed by atoms with Crippen LogP contribution in [0.15, 0.2) is 36.7 Å². The molecule has 1 aromatic heterocycles. The molecular weight excluding hydrogens is 342 g/mol. The van der Waals surface area contributed by atoms with Gasteiger partial charge in [-0.2, -0.15) is 0 Å². The van der Waals surface area contributed by atoms with Crippen LogP contribution in [0.4, 0.5) is 11.5 Å². The van der Waals surface area contributed by atoms with Gasteiger partial charge in [0, 0.05) is 38.4 Å². The molecule has 0 aliphatic carbocycles. The number of hydrogen-bond acceptors (Lipinski definition) is 6. The van der Waals surface area contributed by atoms with E-state index in [2.05, 4.69) is 51.1 Å². The summed E-state index contributed by atoms with van der Waals surface area (Å²) in [4.78, 5) is 25.3. The van der Waals surface area contributed by atoms with E-state index in [9.17, 15) is 4.79 Å². The Hall–Kier alpha value is -2.83. The lowest BCUT2D eigenvalue weighted by molar-refractivity contribution is 0.0943. The minimum atomic E-state index is -0.174. The second kappa shape index (κ2) is 8.70. The minimum Gasteiger partial charge on any atom is -0.497 e. The normalized spacial score (nSPS) is 14.4. The van der Waals surface area contributed by atoms with Gasteiger partial charge in [0.2, 0.25) is 0 Å². The molecule has 1 saturated heterocycles. The monoisotopic (exact) mass is 369 g/mol. The molecule has 0 bridgehead atoms. The fourth-order valence-electron chi connectivity index (χ4n) is 2.98. The average molecular weight is 369 g/mol. The summed E-state index contributed by atoms with van der Waals surface area (Å²) in [5.41, 5.74) is 1.55. The number of benzene rings is 1. The molecule has 1 fully saturated rings. The third-order valence-corrected chi connectivity index (χ3v) is 4.58. The van der Waals surface area contributed by atoms with E-state index in [0.29, 0.717) is 18.2 Å². The van der Waals surface area contributed by atoms with Gasteiger partial charge in [-0.05, 0) is 30.2 Å². The predicted octanol–water partition coefficient (Wildman–Crippen LogP) is 2.20. The Bertz CT molecular complexity index is 738. The van der Waals surface area contributed by atoms with Crippen molar-refractivity contribution in [1.82, 2.24) is 15.3 Å². The number of ether oxygens (including phenoxy) is 1. The Kier molecular flexibility index (Phi) is 6.11. The molecule has 0 radical (unpaired) electrons. The Morgan fingerprint density at radius 1 is 1.07 bits per heavy atom. The molecule has 3 rings (SSSR count). The minimum absolute atomic E-state index is 0.174. The topological polar surface area (TPSA) is 70.6 Å². The summed E-state index contributed by atoms with van der Waals surface area (Å²) in [6, 6.07) is 8.13. The molecule has 1 amide bonds. The van der Waals surface area contributed by atoms with Crippen LogP contribution in [0.5, 0.6) is 5.75 Å². The number of rotatable bonds is 6. The van der Waals surface area contributed by atoms with Crippen LogP contribution in [0.3, 0.4) is 0 Å². The Labute approximate surface area is 160 Å². The number of hydrogen-bond donors (Lipinski definition) is 1. The maximum atomic E-state index is 12.0. The number of methoxy groups -OCH3 is 1. The van der Waals surface area contributed by atoms with Crippen LogP contribution in [0, 0.1) is 5.92 Å². The highest BCUT2D eigenvalue weighted by molar-refractivity contribution is 5.92. The number of nitrogens with zero attached hydrogens (tertiary/aromatic N) is 4. The lowest BCUT2D eigenvalue weighted by Gasteiger charge is -2.36. The van der Waals surface area contributed by atoms with Gasteiger partial charge >= 0.3 is 0 Å². The first-order valence-electron chi connectivity index (χ1n) is 9.31. The summed E-state index contributed by atoms with van der Waals surface area (Å²) < 4.78 is 5.21. The van der Waals surface area contributed by atoms with E-state index >= 15 is 0 Å². The van der Waals surface area contributed by atoms with Crippen molar-refractivity contribution in [2.45, 2.75) is 13.8 Å². The first-order valence-corrected chi connectivity index (χ1v) is 9.31. The highest BCUT2D eigenvalue weighted by atomic mass is 16.5. The van der Waals surface area contributed by atoms with Crippen LogP contribution in [-0.4, -0.2) is 55.7 Å². The summed E-state index contributed by atoms with van der Waals surface area (Å²) in [5.74, 6) is 1.91. The zero-order valence-corrected chi connectivity index (χ0v) is 16.2. The van der Waals surface area contributed by atoms with Gasteiger partial charge in [0.1, 0.15) is 17.3 Å². The van der Waals surface area contributed by atoms with Crippen LogP contribution >= 0.6 is 0 Å². The third-order valence-electron chi connectivity index (χ3n) is 4.58. The predicted molar refractivity (Wildman–Crippen MR) is 107 cm³/mol. The van der Waals surface area contributed by atoms with Gasteiger partial charge in [0.05, 0.1) is 19.5 Å². The summed E-state index contributed by atoms with van der Waals surface area (Å²) in [7, 11) is 1.67. The zero-order chi connectivity index (χ0) is 19.2. The van der Waals surface area contributed by atoms with E-state index in [1.807, 2.05) is 12.1 Å². The van der Waals surface area contributed by atoms with Gasteiger partial charge in [-0.15, -0.1) is 0 Å². The molecule has 0 spiro atoms. The van der Waals surface area contributed by atoms with Crippen LogP contribution in [0.25, 0.3) is 0 Å². The molecule has 1 N–H and O–H groups in total. The molecule has 2 heterocycles. The molecule has 1 aromatic carbocycles. The van der Waals surface area contributed by atoms with Gasteiger partial charge in [0.15, 0.2) is 0 Å². The second-order valence-electron chi connectivity index (χ2n) is 7.04. The zero-order valence-electron chi connectivity index (χ0n) is 16.2. The maximum absolute atomic E-state index is 12.0. The molecular formula is C20H27N5O2. The summed E-state index contributed by atoms with van der Waals surface area (Å²) >= 11 is 0. The Balaban J connectivity index is 1.55. The fraction of sp³-hybridized carbons (Fsp3) is 0.450. The molecule has 0 atom stereocenters. The largest absolute Gasteiger partial charge is 0.497 e. The lowest BCUT2D eigenvalue weighted by atomic mass is 10.2. The van der Waals surface area contributed by atoms with E-state index in [4.69, 9.17) is 4.74 Å². The van der Waals surface area contributed by atoms with E-state index in [0.717, 1.165) is 37.7 Å². The number of aromatic nitrogens is 2. The number of nitrogens with one attached hydrogen (secondary N) is 1. The van der Waals surface area contributed by atoms with E-state index in [-0.39, 0.29) is 5.91 Å². The van der Waals surface area contributed by atoms with Crippen LogP contribution in [-0.2, 0) is 0 Å². The van der Waals surface area contributed by atoms with Gasteiger partial charge in [0.25, 0.3) is 5.91 Å². The molecule has 1 aliphatic rings. The molecule has 0 unspecified atom stereocenters. The quantitative estimate of drug-likeness (QED) is 0.842. The van der Waals surface area contributed by atoms with E-state index in [1.54, 1.807) is 19.5 Å². The average Bonchev–Trinajstić information content (AvgIpc) is 2.72. The second-order valence-corrected chi connectivity index (χ2v) is 7.04. The van der Waals surface area contributed by atoms with Crippen molar-refractivity contribution in [2.24, 2.45) is 5.92 Å². The summed E-state index contributed by atoms with van der Waals surface area (Å²) in [6.07, 6.45) is 3.24. The van der Waals surface area contributed by atoms with Crippen molar-refractivity contribution >= 4 is 17.4 Å². The molecule has 144 valence electrons. The van der Waals surface area contributed by atoms with Crippen LogP contribution in [0.1, 0.15) is 24.3 Å². The first-order chi connectivity index (χ1) is 13.1. The maximum Gasteiger partial charge on any atom is 0.271 e. The highest BCUT2D eigenvalue weighted by Gasteiger charge is 2.19. The number of anilines is 2. The molecule has 0 saturated carbocycles. The Morgan fingerprint density at radius 3 is 2.30 bits per heavy atom. The number of amides is 1. The van der Waals surface area contributed by atoms with E-state index in [1.165, 1.54) is 5.69 Å². The van der Waals surface area contributed by atoms with Crippen molar-refractivity contribution in [1.29, 1.82) is 0 Å². The van der Waals surface area contributed by atoms with Crippen LogP contribution in [0.2, 0.25) is 0 Å². The summed E-state index contributed by atoms with van der Waals surface area (Å²) in [5, 5.41) is 2.86. The van der Waals surface area contributed by atoms with Crippen molar-refractivity contribution < 1.29 is 9.53 Å². The standard InChI is InChI=1S/C20H27N5O2/c1-15(2)12-23-20(26)18-13-22-19(14-21-18)25-10-8-24(9-11-25)16-4-6-17(27-3)7-5-16/h4-7,13-15H,8-12H2,1-3H3,(H,23,26). The number of carbonyl (C=O) groups excluding carboxylic acids is 1. The molecule has 7 heteroatoms. The molecule has 7 nitrogen and oxygen atoms in total. The Morgan fingerprint density at radius 2 is 1.74 bits per heavy atom. The fourth-order valence-corrected chi connectivity index (χ4v) is 2.98. The van der Waals surface area contributed by atoms with Crippen molar-refractivity contribution in [3.8, 4) is 5.75 Å². The van der Waals surface area contributed by atoms with Gasteiger partial charge in [-0.25, -0.2) is 9.97 Å². The smallest absolute Gasteiger partial charge is 0.271 e. The first kappa shape index (κ1) is 18.9. The highest BCUT2D eigenvalue weighted by Crippen LogP contribution is 2.21. The van der Waals surface area contributed by atoms with Crippen molar-refractivity contribution in [3.63, 3.8) is 0 Å². The van der Waals surface area contributed by atoms with Gasteiger partial charge in [-0.3, -0.25) is 4.79 Å². The van der Waals surface area contributed by atoms with Gasteiger partial charge in [-0.1, -0.05) is 13.8 Å². The van der Waals surface area contributed by atoms with Crippen molar-refractivity contribution in [2.75, 3.05) is 49.6 Å². The molecule has 27 heavy (non-hydrogen) atoms. The molecule has 1 aliphatic heterocycles. The number of piperazine rings is 1. The third kappa shape index (κ3) is 4.87.